The molecule has 0 bridgehead atoms. The lowest BCUT2D eigenvalue weighted by molar-refractivity contribution is 1.17. The average molecular weight is 876 g/mol. The molecule has 69 heavy (non-hydrogen) atoms. The van der Waals surface area contributed by atoms with Gasteiger partial charge >= 0.3 is 0 Å². The molecule has 0 aliphatic rings. The molecule has 0 fully saturated rings. The first kappa shape index (κ1) is 38.0. The first-order chi connectivity index (χ1) is 34.3. The van der Waals surface area contributed by atoms with Crippen molar-refractivity contribution < 1.29 is 0 Å². The van der Waals surface area contributed by atoms with Gasteiger partial charge in [-0.1, -0.05) is 176 Å². The highest BCUT2D eigenvalue weighted by Crippen LogP contribution is 2.46. The fourth-order valence-electron chi connectivity index (χ4n) is 11.9. The van der Waals surface area contributed by atoms with E-state index in [2.05, 4.69) is 263 Å². The minimum Gasteiger partial charge on any atom is -0.310 e. The van der Waals surface area contributed by atoms with Gasteiger partial charge in [-0.05, 0) is 137 Å². The SMILES string of the molecule is c1ccc(-n2c3ccccc3c3c(-n4c5ccccc5c5ccc(N(c6ccc7c8ccccc8c8ccccc8c7c6)c6ccc7c8ccccc8c8ccccc8c7c6)cc54)cccc32)cc1. The van der Waals surface area contributed by atoms with Gasteiger partial charge in [-0.3, -0.25) is 0 Å². The Morgan fingerprint density at radius 2 is 0.580 bits per heavy atom. The zero-order valence-electron chi connectivity index (χ0n) is 37.5. The Hall–Kier alpha value is -9.18. The van der Waals surface area contributed by atoms with E-state index in [0.717, 1.165) is 34.0 Å². The number of nitrogens with zero attached hydrogens (tertiary/aromatic N) is 3. The van der Waals surface area contributed by atoms with Gasteiger partial charge in [-0.2, -0.15) is 0 Å². The van der Waals surface area contributed by atoms with Crippen LogP contribution in [0.1, 0.15) is 0 Å². The van der Waals surface area contributed by atoms with Crippen LogP contribution in [0.2, 0.25) is 0 Å². The van der Waals surface area contributed by atoms with Crippen LogP contribution in [-0.4, -0.2) is 9.13 Å². The van der Waals surface area contributed by atoms with E-state index < -0.39 is 0 Å². The first-order valence-corrected chi connectivity index (χ1v) is 23.8. The maximum Gasteiger partial charge on any atom is 0.0562 e. The van der Waals surface area contributed by atoms with E-state index >= 15 is 0 Å². The molecule has 0 spiro atoms. The molecule has 0 atom stereocenters. The van der Waals surface area contributed by atoms with E-state index in [9.17, 15) is 0 Å². The van der Waals surface area contributed by atoms with Crippen LogP contribution in [0.5, 0.6) is 0 Å². The van der Waals surface area contributed by atoms with Gasteiger partial charge < -0.3 is 14.0 Å². The molecule has 13 aromatic carbocycles. The Bertz CT molecular complexity index is 4380. The fraction of sp³-hybridized carbons (Fsp3) is 0. The third-order valence-electron chi connectivity index (χ3n) is 14.8. The maximum atomic E-state index is 2.51. The Morgan fingerprint density at radius 1 is 0.217 bits per heavy atom. The van der Waals surface area contributed by atoms with E-state index in [0.29, 0.717) is 0 Å². The summed E-state index contributed by atoms with van der Waals surface area (Å²) in [6, 6.07) is 92.0. The first-order valence-electron chi connectivity index (χ1n) is 23.8. The van der Waals surface area contributed by atoms with Gasteiger partial charge in [0.1, 0.15) is 0 Å². The van der Waals surface area contributed by atoms with Crippen molar-refractivity contribution in [3.05, 3.63) is 249 Å². The van der Waals surface area contributed by atoms with Crippen LogP contribution in [0.15, 0.2) is 249 Å². The van der Waals surface area contributed by atoms with Crippen molar-refractivity contribution in [2.75, 3.05) is 4.90 Å². The zero-order valence-corrected chi connectivity index (χ0v) is 37.5. The van der Waals surface area contributed by atoms with Crippen LogP contribution in [0.25, 0.3) is 120 Å². The van der Waals surface area contributed by atoms with Gasteiger partial charge in [0.05, 0.1) is 27.8 Å². The molecule has 0 radical (unpaired) electrons. The summed E-state index contributed by atoms with van der Waals surface area (Å²) in [6.45, 7) is 0. The van der Waals surface area contributed by atoms with Crippen molar-refractivity contribution in [1.29, 1.82) is 0 Å². The molecule has 0 unspecified atom stereocenters. The predicted molar refractivity (Wildman–Crippen MR) is 295 cm³/mol. The normalized spacial score (nSPS) is 12.1. The topological polar surface area (TPSA) is 13.1 Å². The third kappa shape index (κ3) is 5.50. The van der Waals surface area contributed by atoms with Crippen molar-refractivity contribution >= 4 is 125 Å². The van der Waals surface area contributed by atoms with E-state index in [-0.39, 0.29) is 0 Å². The van der Waals surface area contributed by atoms with Gasteiger partial charge in [0.2, 0.25) is 0 Å². The Morgan fingerprint density at radius 3 is 1.10 bits per heavy atom. The molecule has 2 aromatic heterocycles. The summed E-state index contributed by atoms with van der Waals surface area (Å²) in [6.07, 6.45) is 0. The largest absolute Gasteiger partial charge is 0.310 e. The second-order valence-corrected chi connectivity index (χ2v) is 18.4. The minimum absolute atomic E-state index is 1.08. The second-order valence-electron chi connectivity index (χ2n) is 18.4. The molecular weight excluding hydrogens is 835 g/mol. The molecule has 0 amide bonds. The number of hydrogen-bond acceptors (Lipinski definition) is 1. The van der Waals surface area contributed by atoms with Crippen LogP contribution in [0.3, 0.4) is 0 Å². The number of anilines is 3. The van der Waals surface area contributed by atoms with E-state index in [4.69, 9.17) is 0 Å². The molecule has 0 saturated carbocycles. The molecule has 3 nitrogen and oxygen atoms in total. The summed E-state index contributed by atoms with van der Waals surface area (Å²) in [5.41, 5.74) is 10.3. The Kier molecular flexibility index (Phi) is 8.07. The van der Waals surface area contributed by atoms with E-state index in [1.807, 2.05) is 0 Å². The van der Waals surface area contributed by atoms with E-state index in [1.54, 1.807) is 0 Å². The van der Waals surface area contributed by atoms with Crippen molar-refractivity contribution in [2.24, 2.45) is 0 Å². The summed E-state index contributed by atoms with van der Waals surface area (Å²) in [7, 11) is 0. The molecular formula is C66H41N3. The van der Waals surface area contributed by atoms with Crippen molar-refractivity contribution in [3.63, 3.8) is 0 Å². The van der Waals surface area contributed by atoms with Gasteiger partial charge in [-0.15, -0.1) is 0 Å². The molecule has 15 aromatic rings. The molecule has 0 N–H and O–H groups in total. The van der Waals surface area contributed by atoms with Crippen LogP contribution in [0.4, 0.5) is 17.1 Å². The second kappa shape index (κ2) is 14.7. The monoisotopic (exact) mass is 875 g/mol. The molecule has 15 rings (SSSR count). The van der Waals surface area contributed by atoms with Crippen LogP contribution in [-0.2, 0) is 0 Å². The van der Waals surface area contributed by atoms with Crippen molar-refractivity contribution in [1.82, 2.24) is 9.13 Å². The summed E-state index contributed by atoms with van der Waals surface area (Å²) in [5.74, 6) is 0. The summed E-state index contributed by atoms with van der Waals surface area (Å²) < 4.78 is 4.92. The number of rotatable bonds is 5. The molecule has 0 saturated heterocycles. The quantitative estimate of drug-likeness (QED) is 0.157. The van der Waals surface area contributed by atoms with Gasteiger partial charge in [0.25, 0.3) is 0 Å². The van der Waals surface area contributed by atoms with Crippen LogP contribution in [0, 0.1) is 0 Å². The van der Waals surface area contributed by atoms with E-state index in [1.165, 1.54) is 103 Å². The zero-order chi connectivity index (χ0) is 45.2. The third-order valence-corrected chi connectivity index (χ3v) is 14.8. The molecule has 3 heteroatoms. The number of aromatic nitrogens is 2. The van der Waals surface area contributed by atoms with Crippen LogP contribution >= 0.6 is 0 Å². The van der Waals surface area contributed by atoms with Gasteiger partial charge in [0.15, 0.2) is 0 Å². The standard InChI is InChI=1S/C66H41N3/c1-2-17-42(18-3-1)68-62-30-15-13-28-58(62)66-63(68)31-16-32-64(66)69-61-29-14-12-27-56(61)57-38-35-45(41-65(57)69)67(43-33-36-54-50-23-6-4-19-46(50)48-21-8-10-25-52(48)59(54)39-43)44-34-37-55-51-24-7-5-20-47(51)49-22-9-11-26-53(49)60(55)40-44/h1-41H. The van der Waals surface area contributed by atoms with Crippen molar-refractivity contribution in [3.8, 4) is 11.4 Å². The van der Waals surface area contributed by atoms with Gasteiger partial charge in [0, 0.05) is 44.3 Å². The number of hydrogen-bond donors (Lipinski definition) is 0. The molecule has 320 valence electrons. The highest BCUT2D eigenvalue weighted by Gasteiger charge is 2.23. The Labute approximate surface area is 397 Å². The molecule has 0 aliphatic heterocycles. The number of fused-ring (bicyclic) bond motifs is 18. The lowest BCUT2D eigenvalue weighted by Crippen LogP contribution is -2.10. The lowest BCUT2D eigenvalue weighted by Gasteiger charge is -2.27. The molecule has 2 heterocycles. The van der Waals surface area contributed by atoms with Gasteiger partial charge in [-0.25, -0.2) is 0 Å². The van der Waals surface area contributed by atoms with Crippen LogP contribution < -0.4 is 4.90 Å². The molecule has 0 aliphatic carbocycles. The Balaban J connectivity index is 1.04. The summed E-state index contributed by atoms with van der Waals surface area (Å²) in [4.78, 5) is 2.48. The highest BCUT2D eigenvalue weighted by atomic mass is 15.1. The lowest BCUT2D eigenvalue weighted by atomic mass is 9.93. The fourth-order valence-corrected chi connectivity index (χ4v) is 11.9. The van der Waals surface area contributed by atoms with Crippen molar-refractivity contribution in [2.45, 2.75) is 0 Å². The average Bonchev–Trinajstić information content (AvgIpc) is 3.94. The highest BCUT2D eigenvalue weighted by molar-refractivity contribution is 6.27. The summed E-state index contributed by atoms with van der Waals surface area (Å²) >= 11 is 0. The maximum absolute atomic E-state index is 2.51. The smallest absolute Gasteiger partial charge is 0.0562 e. The predicted octanol–water partition coefficient (Wildman–Crippen LogP) is 18.3. The minimum atomic E-state index is 1.08. The number of para-hydroxylation sites is 3. The summed E-state index contributed by atoms with van der Waals surface area (Å²) in [5, 5.41) is 20.0. The number of benzene rings is 13.